The van der Waals surface area contributed by atoms with E-state index >= 15 is 0 Å². The molecule has 0 spiro atoms. The normalized spacial score (nSPS) is 12.4. The number of thiazole rings is 1. The maximum Gasteiger partial charge on any atom is 0.275 e. The van der Waals surface area contributed by atoms with Crippen LogP contribution in [0, 0.1) is 0 Å². The number of para-hydroxylation sites is 1. The Kier molecular flexibility index (Phi) is 4.44. The second-order valence-corrected chi connectivity index (χ2v) is 7.66. The van der Waals surface area contributed by atoms with E-state index in [4.69, 9.17) is 9.47 Å². The van der Waals surface area contributed by atoms with E-state index in [2.05, 4.69) is 40.0 Å². The van der Waals surface area contributed by atoms with Crippen LogP contribution < -0.4 is 14.8 Å². The van der Waals surface area contributed by atoms with Crippen molar-refractivity contribution in [1.29, 1.82) is 0 Å². The van der Waals surface area contributed by atoms with Crippen LogP contribution >= 0.6 is 11.3 Å². The van der Waals surface area contributed by atoms with Crippen molar-refractivity contribution in [3.63, 3.8) is 0 Å². The quantitative estimate of drug-likeness (QED) is 0.498. The fraction of sp³-hybridized carbons (Fsp3) is 0.182. The molecule has 0 saturated heterocycles. The molecular formula is C22H19N3O3S. The summed E-state index contributed by atoms with van der Waals surface area (Å²) in [5.41, 5.74) is 3.27. The first-order valence-electron chi connectivity index (χ1n) is 9.48. The third-order valence-corrected chi connectivity index (χ3v) is 5.71. The molecule has 1 amide bonds. The number of aryl methyl sites for hydroxylation is 1. The summed E-state index contributed by atoms with van der Waals surface area (Å²) in [6.45, 7) is 3.26. The summed E-state index contributed by atoms with van der Waals surface area (Å²) in [5.74, 6) is 1.07. The number of ether oxygens (including phenoxy) is 2. The van der Waals surface area contributed by atoms with Crippen molar-refractivity contribution in [1.82, 2.24) is 9.55 Å². The van der Waals surface area contributed by atoms with Gasteiger partial charge >= 0.3 is 0 Å². The van der Waals surface area contributed by atoms with Crippen LogP contribution in [0.15, 0.2) is 53.9 Å². The molecule has 1 aliphatic heterocycles. The van der Waals surface area contributed by atoms with Crippen LogP contribution in [0.3, 0.4) is 0 Å². The Morgan fingerprint density at radius 3 is 2.93 bits per heavy atom. The third kappa shape index (κ3) is 3.23. The maximum atomic E-state index is 12.7. The number of aromatic nitrogens is 2. The van der Waals surface area contributed by atoms with Crippen molar-refractivity contribution < 1.29 is 14.3 Å². The van der Waals surface area contributed by atoms with Gasteiger partial charge < -0.3 is 19.4 Å². The fourth-order valence-corrected chi connectivity index (χ4v) is 4.34. The average molecular weight is 405 g/mol. The highest BCUT2D eigenvalue weighted by atomic mass is 32.1. The van der Waals surface area contributed by atoms with Crippen LogP contribution in [0.4, 0.5) is 5.69 Å². The van der Waals surface area contributed by atoms with Gasteiger partial charge in [-0.2, -0.15) is 0 Å². The summed E-state index contributed by atoms with van der Waals surface area (Å²) < 4.78 is 12.9. The molecule has 3 heterocycles. The number of anilines is 1. The molecule has 0 aliphatic carbocycles. The average Bonchev–Trinajstić information content (AvgIpc) is 3.46. The lowest BCUT2D eigenvalue weighted by Gasteiger charge is -2.07. The molecule has 4 aromatic rings. The minimum Gasteiger partial charge on any atom is -0.454 e. The smallest absolute Gasteiger partial charge is 0.275 e. The standard InChI is InChI=1S/C22H19N3O3S/c1-2-9-25-17-6-4-3-5-14(17)10-18(25)22-24-16(12-29-22)21(26)23-15-7-8-19-20(11-15)28-13-27-19/h3-8,10-12H,2,9,13H2,1H3,(H,23,26). The van der Waals surface area contributed by atoms with Crippen molar-refractivity contribution in [3.8, 4) is 22.2 Å². The number of amides is 1. The summed E-state index contributed by atoms with van der Waals surface area (Å²) in [5, 5.41) is 6.70. The van der Waals surface area contributed by atoms with E-state index in [1.807, 2.05) is 12.1 Å². The number of fused-ring (bicyclic) bond motifs is 2. The molecule has 6 nitrogen and oxygen atoms in total. The van der Waals surface area contributed by atoms with Crippen LogP contribution in [0.2, 0.25) is 0 Å². The highest BCUT2D eigenvalue weighted by Gasteiger charge is 2.18. The van der Waals surface area contributed by atoms with E-state index in [1.165, 1.54) is 22.2 Å². The van der Waals surface area contributed by atoms with Crippen molar-refractivity contribution in [3.05, 3.63) is 59.6 Å². The van der Waals surface area contributed by atoms with E-state index < -0.39 is 0 Å². The summed E-state index contributed by atoms with van der Waals surface area (Å²) in [7, 11) is 0. The van der Waals surface area contributed by atoms with Gasteiger partial charge in [0.2, 0.25) is 6.79 Å². The van der Waals surface area contributed by atoms with Crippen molar-refractivity contribution in [2.45, 2.75) is 19.9 Å². The van der Waals surface area contributed by atoms with E-state index in [-0.39, 0.29) is 12.7 Å². The van der Waals surface area contributed by atoms with Gasteiger partial charge in [0.15, 0.2) is 11.5 Å². The predicted molar refractivity (Wildman–Crippen MR) is 114 cm³/mol. The van der Waals surface area contributed by atoms with Crippen molar-refractivity contribution in [2.75, 3.05) is 12.1 Å². The van der Waals surface area contributed by atoms with Crippen LogP contribution in [0.1, 0.15) is 23.8 Å². The fourth-order valence-electron chi connectivity index (χ4n) is 3.52. The highest BCUT2D eigenvalue weighted by Crippen LogP contribution is 2.35. The number of carbonyl (C=O) groups is 1. The predicted octanol–water partition coefficient (Wildman–Crippen LogP) is 5.16. The number of rotatable bonds is 5. The Morgan fingerprint density at radius 1 is 1.17 bits per heavy atom. The summed E-state index contributed by atoms with van der Waals surface area (Å²) in [6, 6.07) is 15.8. The molecule has 1 N–H and O–H groups in total. The first kappa shape index (κ1) is 17.8. The number of benzene rings is 2. The molecule has 0 atom stereocenters. The summed E-state index contributed by atoms with van der Waals surface area (Å²) >= 11 is 1.48. The first-order valence-corrected chi connectivity index (χ1v) is 10.4. The molecule has 0 unspecified atom stereocenters. The zero-order valence-corrected chi connectivity index (χ0v) is 16.7. The van der Waals surface area contributed by atoms with Crippen molar-refractivity contribution >= 4 is 33.8 Å². The Hall–Kier alpha value is -3.32. The number of nitrogens with zero attached hydrogens (tertiary/aromatic N) is 2. The molecule has 0 saturated carbocycles. The first-order chi connectivity index (χ1) is 14.2. The van der Waals surface area contributed by atoms with E-state index in [0.717, 1.165) is 23.7 Å². The lowest BCUT2D eigenvalue weighted by atomic mass is 10.2. The molecule has 7 heteroatoms. The monoisotopic (exact) mass is 405 g/mol. The largest absolute Gasteiger partial charge is 0.454 e. The zero-order valence-electron chi connectivity index (χ0n) is 15.8. The van der Waals surface area contributed by atoms with Crippen molar-refractivity contribution in [2.24, 2.45) is 0 Å². The Morgan fingerprint density at radius 2 is 2.03 bits per heavy atom. The zero-order chi connectivity index (χ0) is 19.8. The minimum absolute atomic E-state index is 0.202. The molecule has 0 bridgehead atoms. The topological polar surface area (TPSA) is 65.4 Å². The van der Waals surface area contributed by atoms with Gasteiger partial charge in [-0.1, -0.05) is 25.1 Å². The third-order valence-electron chi connectivity index (χ3n) is 4.84. The van der Waals surface area contributed by atoms with Crippen LogP contribution in [0.25, 0.3) is 21.6 Å². The summed E-state index contributed by atoms with van der Waals surface area (Å²) in [6.07, 6.45) is 1.02. The van der Waals surface area contributed by atoms with Crippen LogP contribution in [-0.2, 0) is 6.54 Å². The number of hydrogen-bond acceptors (Lipinski definition) is 5. The van der Waals surface area contributed by atoms with E-state index in [0.29, 0.717) is 22.9 Å². The lowest BCUT2D eigenvalue weighted by molar-refractivity contribution is 0.102. The molecule has 2 aromatic heterocycles. The second-order valence-electron chi connectivity index (χ2n) is 6.80. The number of hydrogen-bond donors (Lipinski definition) is 1. The van der Waals surface area contributed by atoms with Gasteiger partial charge in [0.25, 0.3) is 5.91 Å². The van der Waals surface area contributed by atoms with Gasteiger partial charge in [0.05, 0.1) is 5.69 Å². The molecule has 0 radical (unpaired) electrons. The molecule has 146 valence electrons. The molecule has 2 aromatic carbocycles. The van der Waals surface area contributed by atoms with E-state index in [1.54, 1.807) is 23.6 Å². The number of nitrogens with one attached hydrogen (secondary N) is 1. The van der Waals surface area contributed by atoms with Gasteiger partial charge in [-0.15, -0.1) is 11.3 Å². The lowest BCUT2D eigenvalue weighted by Crippen LogP contribution is -2.12. The second kappa shape index (κ2) is 7.25. The van der Waals surface area contributed by atoms with Gasteiger partial charge in [0, 0.05) is 34.6 Å². The van der Waals surface area contributed by atoms with Crippen LogP contribution in [-0.4, -0.2) is 22.3 Å². The minimum atomic E-state index is -0.246. The van der Waals surface area contributed by atoms with Gasteiger partial charge in [-0.05, 0) is 30.7 Å². The molecule has 29 heavy (non-hydrogen) atoms. The Balaban J connectivity index is 1.43. The Labute approximate surface area is 171 Å². The summed E-state index contributed by atoms with van der Waals surface area (Å²) in [4.78, 5) is 17.3. The van der Waals surface area contributed by atoms with Gasteiger partial charge in [0.1, 0.15) is 10.7 Å². The SMILES string of the molecule is CCCn1c(-c2nc(C(=O)Nc3ccc4c(c3)OCO4)cs2)cc2ccccc21. The highest BCUT2D eigenvalue weighted by molar-refractivity contribution is 7.13. The molecular weight excluding hydrogens is 386 g/mol. The maximum absolute atomic E-state index is 12.7. The Bertz CT molecular complexity index is 1210. The molecule has 0 fully saturated rings. The molecule has 1 aliphatic rings. The molecule has 5 rings (SSSR count). The van der Waals surface area contributed by atoms with Gasteiger partial charge in [-0.3, -0.25) is 4.79 Å². The van der Waals surface area contributed by atoms with E-state index in [9.17, 15) is 4.79 Å². The number of carbonyl (C=O) groups excluding carboxylic acids is 1. The van der Waals surface area contributed by atoms with Crippen LogP contribution in [0.5, 0.6) is 11.5 Å². The van der Waals surface area contributed by atoms with Gasteiger partial charge in [-0.25, -0.2) is 4.98 Å².